The van der Waals surface area contributed by atoms with Crippen LogP contribution in [0.2, 0.25) is 0 Å². The Morgan fingerprint density at radius 3 is 1.27 bits per heavy atom. The SMILES string of the molecule is c1ccc(-c2ccc(N(c3cccc(-c4ccc(-c5ccc6c(c5)c5ccccc5n6-c5ccc(-c6ccccc6)cc5)cc4)c3)c3ccc4c(c3)C3(c5ccccc5-c5ccccc53)c3ccccc3-4)cc2)cc1. The Morgan fingerprint density at radius 1 is 0.240 bits per heavy atom. The predicted molar refractivity (Wildman–Crippen MR) is 314 cm³/mol. The third-order valence-electron chi connectivity index (χ3n) is 16.0. The zero-order valence-electron chi connectivity index (χ0n) is 41.1. The standard InChI is InChI=1S/C73H48N2/c1-3-16-49(17-4-1)51-34-39-57(40-35-51)74(60-43-44-64-63-24-9-13-28-69(63)73(70(64)48-60)67-26-11-7-22-61(67)62-23-8-12-27-68(62)73)59-21-15-20-55(46-59)53-30-32-54(33-31-53)56-38-45-72-66(47-56)65-25-10-14-29-71(65)75(72)58-41-36-52(37-42-58)50-18-5-2-6-19-50/h1-48H. The molecule has 0 unspecified atom stereocenters. The lowest BCUT2D eigenvalue weighted by atomic mass is 9.70. The normalized spacial score (nSPS) is 12.6. The van der Waals surface area contributed by atoms with Gasteiger partial charge in [0.05, 0.1) is 16.4 Å². The molecule has 13 aromatic rings. The Hall–Kier alpha value is -9.76. The number of anilines is 3. The molecule has 2 nitrogen and oxygen atoms in total. The molecular formula is C73H48N2. The van der Waals surface area contributed by atoms with E-state index in [1.807, 2.05) is 0 Å². The van der Waals surface area contributed by atoms with E-state index in [9.17, 15) is 0 Å². The molecular weight excluding hydrogens is 905 g/mol. The van der Waals surface area contributed by atoms with Gasteiger partial charge in [0.2, 0.25) is 0 Å². The van der Waals surface area contributed by atoms with Gasteiger partial charge in [-0.3, -0.25) is 0 Å². The monoisotopic (exact) mass is 952 g/mol. The highest BCUT2D eigenvalue weighted by atomic mass is 15.1. The van der Waals surface area contributed by atoms with Crippen LogP contribution in [0.3, 0.4) is 0 Å². The number of benzene rings is 12. The van der Waals surface area contributed by atoms with Gasteiger partial charge in [0, 0.05) is 33.5 Å². The summed E-state index contributed by atoms with van der Waals surface area (Å²) >= 11 is 0. The molecule has 12 aromatic carbocycles. The molecule has 0 saturated heterocycles. The number of rotatable bonds is 8. The minimum absolute atomic E-state index is 0.446. The van der Waals surface area contributed by atoms with E-state index in [2.05, 4.69) is 301 Å². The summed E-state index contributed by atoms with van der Waals surface area (Å²) in [5.74, 6) is 0. The van der Waals surface area contributed by atoms with Crippen LogP contribution in [0.25, 0.3) is 94.3 Å². The summed E-state index contributed by atoms with van der Waals surface area (Å²) in [7, 11) is 0. The fraction of sp³-hybridized carbons (Fsp3) is 0.0137. The first-order valence-electron chi connectivity index (χ1n) is 26.0. The number of para-hydroxylation sites is 1. The highest BCUT2D eigenvalue weighted by Crippen LogP contribution is 2.63. The van der Waals surface area contributed by atoms with E-state index in [1.165, 1.54) is 105 Å². The van der Waals surface area contributed by atoms with Crippen LogP contribution in [0.1, 0.15) is 22.3 Å². The lowest BCUT2D eigenvalue weighted by Gasteiger charge is -2.32. The first-order chi connectivity index (χ1) is 37.2. The van der Waals surface area contributed by atoms with Crippen molar-refractivity contribution in [2.45, 2.75) is 5.41 Å². The van der Waals surface area contributed by atoms with Crippen LogP contribution in [-0.4, -0.2) is 4.57 Å². The Bertz CT molecular complexity index is 4260. The average molecular weight is 953 g/mol. The van der Waals surface area contributed by atoms with Crippen LogP contribution < -0.4 is 4.90 Å². The lowest BCUT2D eigenvalue weighted by Crippen LogP contribution is -2.26. The highest BCUT2D eigenvalue weighted by Gasteiger charge is 2.51. The molecule has 0 aliphatic heterocycles. The molecule has 1 aromatic heterocycles. The van der Waals surface area contributed by atoms with Crippen molar-refractivity contribution in [3.8, 4) is 72.4 Å². The molecule has 0 radical (unpaired) electrons. The van der Waals surface area contributed by atoms with Gasteiger partial charge in [0.1, 0.15) is 0 Å². The van der Waals surface area contributed by atoms with E-state index in [4.69, 9.17) is 0 Å². The van der Waals surface area contributed by atoms with Crippen LogP contribution in [0, 0.1) is 0 Å². The van der Waals surface area contributed by atoms with Crippen molar-refractivity contribution in [3.05, 3.63) is 313 Å². The fourth-order valence-corrected chi connectivity index (χ4v) is 12.6. The zero-order valence-corrected chi connectivity index (χ0v) is 41.1. The molecule has 0 N–H and O–H groups in total. The van der Waals surface area contributed by atoms with Gasteiger partial charge in [-0.25, -0.2) is 0 Å². The molecule has 1 spiro atoms. The van der Waals surface area contributed by atoms with Crippen molar-refractivity contribution in [2.24, 2.45) is 0 Å². The molecule has 0 fully saturated rings. The molecule has 1 heterocycles. The summed E-state index contributed by atoms with van der Waals surface area (Å²) < 4.78 is 2.40. The zero-order chi connectivity index (χ0) is 49.5. The summed E-state index contributed by atoms with van der Waals surface area (Å²) in [6, 6.07) is 107. The number of hydrogen-bond acceptors (Lipinski definition) is 1. The molecule has 0 atom stereocenters. The second-order valence-corrected chi connectivity index (χ2v) is 20.0. The number of hydrogen-bond donors (Lipinski definition) is 0. The third kappa shape index (κ3) is 6.73. The van der Waals surface area contributed by atoms with Crippen LogP contribution in [-0.2, 0) is 5.41 Å². The lowest BCUT2D eigenvalue weighted by molar-refractivity contribution is 0.793. The van der Waals surface area contributed by atoms with Crippen molar-refractivity contribution in [2.75, 3.05) is 4.90 Å². The van der Waals surface area contributed by atoms with Gasteiger partial charge < -0.3 is 9.47 Å². The smallest absolute Gasteiger partial charge is 0.0726 e. The summed E-state index contributed by atoms with van der Waals surface area (Å²) in [4.78, 5) is 2.44. The van der Waals surface area contributed by atoms with E-state index >= 15 is 0 Å². The van der Waals surface area contributed by atoms with Crippen molar-refractivity contribution in [1.82, 2.24) is 4.57 Å². The van der Waals surface area contributed by atoms with Crippen LogP contribution >= 0.6 is 0 Å². The minimum atomic E-state index is -0.446. The molecule has 2 heteroatoms. The van der Waals surface area contributed by atoms with Gasteiger partial charge >= 0.3 is 0 Å². The Balaban J connectivity index is 0.817. The van der Waals surface area contributed by atoms with E-state index in [0.717, 1.165) is 28.3 Å². The Morgan fingerprint density at radius 2 is 0.653 bits per heavy atom. The molecule has 15 rings (SSSR count). The first-order valence-corrected chi connectivity index (χ1v) is 26.0. The van der Waals surface area contributed by atoms with Crippen molar-refractivity contribution in [3.63, 3.8) is 0 Å². The van der Waals surface area contributed by atoms with Crippen LogP contribution in [0.15, 0.2) is 291 Å². The van der Waals surface area contributed by atoms with Crippen LogP contribution in [0.5, 0.6) is 0 Å². The maximum absolute atomic E-state index is 2.48. The number of nitrogens with zero attached hydrogens (tertiary/aromatic N) is 2. The second-order valence-electron chi connectivity index (χ2n) is 20.0. The maximum Gasteiger partial charge on any atom is 0.0726 e. The minimum Gasteiger partial charge on any atom is -0.310 e. The predicted octanol–water partition coefficient (Wildman–Crippen LogP) is 19.3. The summed E-state index contributed by atoms with van der Waals surface area (Å²) in [5, 5.41) is 2.49. The molecule has 0 bridgehead atoms. The topological polar surface area (TPSA) is 8.17 Å². The first kappa shape index (κ1) is 42.9. The van der Waals surface area contributed by atoms with Gasteiger partial charge in [-0.2, -0.15) is 0 Å². The largest absolute Gasteiger partial charge is 0.310 e. The van der Waals surface area contributed by atoms with E-state index in [-0.39, 0.29) is 0 Å². The molecule has 2 aliphatic carbocycles. The Kier molecular flexibility index (Phi) is 9.83. The van der Waals surface area contributed by atoms with Gasteiger partial charge in [0.15, 0.2) is 0 Å². The van der Waals surface area contributed by atoms with Gasteiger partial charge in [0.25, 0.3) is 0 Å². The average Bonchev–Trinajstić information content (AvgIpc) is 4.20. The Labute approximate surface area is 437 Å². The summed E-state index contributed by atoms with van der Waals surface area (Å²) in [5.41, 5.74) is 26.5. The van der Waals surface area contributed by atoms with Crippen molar-refractivity contribution >= 4 is 38.9 Å². The summed E-state index contributed by atoms with van der Waals surface area (Å²) in [6.45, 7) is 0. The molecule has 350 valence electrons. The van der Waals surface area contributed by atoms with E-state index in [1.54, 1.807) is 0 Å². The van der Waals surface area contributed by atoms with Crippen molar-refractivity contribution in [1.29, 1.82) is 0 Å². The maximum atomic E-state index is 2.48. The summed E-state index contributed by atoms with van der Waals surface area (Å²) in [6.07, 6.45) is 0. The number of fused-ring (bicyclic) bond motifs is 13. The molecule has 0 saturated carbocycles. The van der Waals surface area contributed by atoms with Gasteiger partial charge in [-0.15, -0.1) is 0 Å². The van der Waals surface area contributed by atoms with E-state index in [0.29, 0.717) is 0 Å². The number of aromatic nitrogens is 1. The van der Waals surface area contributed by atoms with E-state index < -0.39 is 5.41 Å². The highest BCUT2D eigenvalue weighted by molar-refractivity contribution is 6.10. The van der Waals surface area contributed by atoms with Crippen molar-refractivity contribution < 1.29 is 0 Å². The third-order valence-corrected chi connectivity index (χ3v) is 16.0. The van der Waals surface area contributed by atoms with Gasteiger partial charge in [-0.1, -0.05) is 224 Å². The fourth-order valence-electron chi connectivity index (χ4n) is 12.6. The van der Waals surface area contributed by atoms with Crippen LogP contribution in [0.4, 0.5) is 17.1 Å². The molecule has 0 amide bonds. The second kappa shape index (κ2) is 17.2. The molecule has 75 heavy (non-hydrogen) atoms. The van der Waals surface area contributed by atoms with Gasteiger partial charge in [-0.05, 0) is 156 Å². The molecule has 2 aliphatic rings. The quantitative estimate of drug-likeness (QED) is 0.147.